The van der Waals surface area contributed by atoms with E-state index in [9.17, 15) is 4.79 Å². The van der Waals surface area contributed by atoms with E-state index in [0.29, 0.717) is 16.5 Å². The van der Waals surface area contributed by atoms with Crippen molar-refractivity contribution in [2.45, 2.75) is 20.5 Å². The third-order valence-corrected chi connectivity index (χ3v) is 4.34. The van der Waals surface area contributed by atoms with Crippen LogP contribution in [0.3, 0.4) is 0 Å². The minimum Gasteiger partial charge on any atom is -0.488 e. The first kappa shape index (κ1) is 17.6. The van der Waals surface area contributed by atoms with Gasteiger partial charge < -0.3 is 14.2 Å². The van der Waals surface area contributed by atoms with E-state index in [2.05, 4.69) is 20.7 Å². The highest BCUT2D eigenvalue weighted by atomic mass is 79.9. The lowest BCUT2D eigenvalue weighted by Crippen LogP contribution is -2.10. The predicted octanol–water partition coefficient (Wildman–Crippen LogP) is 5.44. The summed E-state index contributed by atoms with van der Waals surface area (Å²) in [5, 5.41) is 0.624. The highest BCUT2D eigenvalue weighted by Gasteiger charge is 2.13. The molecule has 0 aromatic heterocycles. The van der Waals surface area contributed by atoms with Gasteiger partial charge in [0.05, 0.1) is 11.6 Å². The van der Waals surface area contributed by atoms with Crippen LogP contribution in [0.15, 0.2) is 34.8 Å². The molecule has 6 heteroatoms. The van der Waals surface area contributed by atoms with Gasteiger partial charge in [-0.25, -0.2) is 4.79 Å². The second-order valence-corrected chi connectivity index (χ2v) is 6.19. The van der Waals surface area contributed by atoms with Crippen molar-refractivity contribution < 1.29 is 19.0 Å². The lowest BCUT2D eigenvalue weighted by atomic mass is 10.1. The summed E-state index contributed by atoms with van der Waals surface area (Å²) < 4.78 is 16.3. The first-order chi connectivity index (χ1) is 10.9. The minimum absolute atomic E-state index is 0.233. The maximum Gasteiger partial charge on any atom is 0.513 e. The monoisotopic (exact) mass is 398 g/mol. The van der Waals surface area contributed by atoms with Crippen LogP contribution < -0.4 is 9.47 Å². The standard InChI is InChI=1S/C17H16BrClO4/c1-10-5-4-6-15(23-17(20)21-3)12(10)9-22-16-8-14(19)11(2)7-13(16)18/h4-8H,9H2,1-3H3. The number of hydrogen-bond acceptors (Lipinski definition) is 4. The Labute approximate surface area is 148 Å². The Hall–Kier alpha value is -1.72. The molecule has 4 nitrogen and oxygen atoms in total. The Morgan fingerprint density at radius 1 is 1.17 bits per heavy atom. The minimum atomic E-state index is -0.767. The number of aryl methyl sites for hydroxylation is 2. The summed E-state index contributed by atoms with van der Waals surface area (Å²) in [5.74, 6) is 1.03. The zero-order chi connectivity index (χ0) is 17.0. The molecular weight excluding hydrogens is 384 g/mol. The van der Waals surface area contributed by atoms with E-state index in [1.807, 2.05) is 26.0 Å². The van der Waals surface area contributed by atoms with Crippen molar-refractivity contribution in [3.05, 3.63) is 56.5 Å². The molecule has 0 aliphatic rings. The molecule has 23 heavy (non-hydrogen) atoms. The molecule has 122 valence electrons. The van der Waals surface area contributed by atoms with Gasteiger partial charge in [0, 0.05) is 16.7 Å². The fourth-order valence-corrected chi connectivity index (χ4v) is 2.70. The van der Waals surface area contributed by atoms with Crippen molar-refractivity contribution >= 4 is 33.7 Å². The second-order valence-electron chi connectivity index (χ2n) is 4.93. The maximum absolute atomic E-state index is 11.3. The summed E-state index contributed by atoms with van der Waals surface area (Å²) in [6, 6.07) is 9.05. The maximum atomic E-state index is 11.3. The summed E-state index contributed by atoms with van der Waals surface area (Å²) in [4.78, 5) is 11.3. The topological polar surface area (TPSA) is 44.8 Å². The second kappa shape index (κ2) is 7.70. The van der Waals surface area contributed by atoms with Crippen molar-refractivity contribution in [2.75, 3.05) is 7.11 Å². The summed E-state index contributed by atoms with van der Waals surface area (Å²) >= 11 is 9.59. The summed E-state index contributed by atoms with van der Waals surface area (Å²) in [6.07, 6.45) is -0.767. The molecule has 0 radical (unpaired) electrons. The average Bonchev–Trinajstić information content (AvgIpc) is 2.51. The SMILES string of the molecule is COC(=O)Oc1cccc(C)c1COc1cc(Cl)c(C)cc1Br. The molecule has 2 aromatic carbocycles. The third-order valence-electron chi connectivity index (χ3n) is 3.31. The predicted molar refractivity (Wildman–Crippen MR) is 92.4 cm³/mol. The molecule has 0 saturated heterocycles. The Morgan fingerprint density at radius 2 is 1.91 bits per heavy atom. The summed E-state index contributed by atoms with van der Waals surface area (Å²) in [6.45, 7) is 4.07. The quantitative estimate of drug-likeness (QED) is 0.507. The Bertz CT molecular complexity index is 731. The normalized spacial score (nSPS) is 10.3. The van der Waals surface area contributed by atoms with E-state index >= 15 is 0 Å². The van der Waals surface area contributed by atoms with E-state index in [1.165, 1.54) is 7.11 Å². The Morgan fingerprint density at radius 3 is 2.61 bits per heavy atom. The smallest absolute Gasteiger partial charge is 0.488 e. The number of halogens is 2. The van der Waals surface area contributed by atoms with Gasteiger partial charge in [-0.1, -0.05) is 23.7 Å². The van der Waals surface area contributed by atoms with Crippen LogP contribution in [0.1, 0.15) is 16.7 Å². The molecule has 0 aliphatic heterocycles. The van der Waals surface area contributed by atoms with Gasteiger partial charge in [0.15, 0.2) is 0 Å². The molecule has 2 aromatic rings. The molecular formula is C17H16BrClO4. The molecule has 0 amide bonds. The number of benzene rings is 2. The van der Waals surface area contributed by atoms with Crippen LogP contribution in [-0.4, -0.2) is 13.3 Å². The van der Waals surface area contributed by atoms with Crippen molar-refractivity contribution in [2.24, 2.45) is 0 Å². The summed E-state index contributed by atoms with van der Waals surface area (Å²) in [7, 11) is 1.26. The molecule has 0 fully saturated rings. The van der Waals surface area contributed by atoms with Gasteiger partial charge in [-0.05, 0) is 53.0 Å². The zero-order valence-corrected chi connectivity index (χ0v) is 15.3. The van der Waals surface area contributed by atoms with Crippen LogP contribution in [0.2, 0.25) is 5.02 Å². The molecule has 0 bridgehead atoms. The number of methoxy groups -OCH3 is 1. The molecule has 0 N–H and O–H groups in total. The van der Waals surface area contributed by atoms with Crippen LogP contribution in [0.4, 0.5) is 4.79 Å². The van der Waals surface area contributed by atoms with Gasteiger partial charge in [-0.2, -0.15) is 0 Å². The highest BCUT2D eigenvalue weighted by molar-refractivity contribution is 9.10. The third kappa shape index (κ3) is 4.39. The van der Waals surface area contributed by atoms with Gasteiger partial charge >= 0.3 is 6.16 Å². The largest absolute Gasteiger partial charge is 0.513 e. The number of carbonyl (C=O) groups is 1. The van der Waals surface area contributed by atoms with Gasteiger partial charge in [0.2, 0.25) is 0 Å². The molecule has 0 spiro atoms. The fourth-order valence-electron chi connectivity index (χ4n) is 1.98. The van der Waals surface area contributed by atoms with Crippen LogP contribution in [0.25, 0.3) is 0 Å². The average molecular weight is 400 g/mol. The lowest BCUT2D eigenvalue weighted by Gasteiger charge is -2.14. The first-order valence-corrected chi connectivity index (χ1v) is 8.02. The Balaban J connectivity index is 2.23. The van der Waals surface area contributed by atoms with Gasteiger partial charge in [-0.3, -0.25) is 0 Å². The summed E-state index contributed by atoms with van der Waals surface area (Å²) in [5.41, 5.74) is 2.67. The zero-order valence-electron chi connectivity index (χ0n) is 13.0. The molecule has 0 heterocycles. The molecule has 0 unspecified atom stereocenters. The van der Waals surface area contributed by atoms with E-state index < -0.39 is 6.16 Å². The lowest BCUT2D eigenvalue weighted by molar-refractivity contribution is 0.120. The van der Waals surface area contributed by atoms with Crippen LogP contribution in [-0.2, 0) is 11.3 Å². The number of hydrogen-bond donors (Lipinski definition) is 0. The van der Waals surface area contributed by atoms with E-state index in [1.54, 1.807) is 18.2 Å². The number of ether oxygens (including phenoxy) is 3. The molecule has 0 saturated carbocycles. The number of rotatable bonds is 4. The van der Waals surface area contributed by atoms with Crippen molar-refractivity contribution in [1.29, 1.82) is 0 Å². The first-order valence-electron chi connectivity index (χ1n) is 6.85. The number of carbonyl (C=O) groups excluding carboxylic acids is 1. The fraction of sp³-hybridized carbons (Fsp3) is 0.235. The van der Waals surface area contributed by atoms with Crippen molar-refractivity contribution in [3.63, 3.8) is 0 Å². The Kier molecular flexibility index (Phi) is 5.91. The molecule has 2 rings (SSSR count). The van der Waals surface area contributed by atoms with E-state index in [4.69, 9.17) is 21.1 Å². The molecule has 0 atom stereocenters. The highest BCUT2D eigenvalue weighted by Crippen LogP contribution is 2.33. The van der Waals surface area contributed by atoms with Crippen molar-refractivity contribution in [1.82, 2.24) is 0 Å². The van der Waals surface area contributed by atoms with Gasteiger partial charge in [0.25, 0.3) is 0 Å². The van der Waals surface area contributed by atoms with Crippen LogP contribution in [0, 0.1) is 13.8 Å². The van der Waals surface area contributed by atoms with E-state index in [-0.39, 0.29) is 6.61 Å². The van der Waals surface area contributed by atoms with Crippen LogP contribution >= 0.6 is 27.5 Å². The molecule has 0 aliphatic carbocycles. The van der Waals surface area contributed by atoms with Gasteiger partial charge in [-0.15, -0.1) is 0 Å². The van der Waals surface area contributed by atoms with Crippen LogP contribution in [0.5, 0.6) is 11.5 Å². The van der Waals surface area contributed by atoms with Crippen molar-refractivity contribution in [3.8, 4) is 11.5 Å². The van der Waals surface area contributed by atoms with Gasteiger partial charge in [0.1, 0.15) is 18.1 Å². The van der Waals surface area contributed by atoms with E-state index in [0.717, 1.165) is 21.2 Å².